The minimum absolute atomic E-state index is 0.0596. The van der Waals surface area contributed by atoms with E-state index in [9.17, 15) is 0 Å². The third-order valence-electron chi connectivity index (χ3n) is 11.1. The highest BCUT2D eigenvalue weighted by Crippen LogP contribution is 2.53. The molecule has 0 radical (unpaired) electrons. The van der Waals surface area contributed by atoms with Crippen LogP contribution in [0.3, 0.4) is 0 Å². The van der Waals surface area contributed by atoms with Gasteiger partial charge in [0, 0.05) is 38.1 Å². The van der Waals surface area contributed by atoms with Crippen molar-refractivity contribution < 1.29 is 8.83 Å². The highest BCUT2D eigenvalue weighted by atomic mass is 16.3. The van der Waals surface area contributed by atoms with Crippen LogP contribution in [0.2, 0.25) is 0 Å². The lowest BCUT2D eigenvalue weighted by Crippen LogP contribution is -2.14. The molecule has 1 aliphatic rings. The molecule has 0 saturated carbocycles. The Kier molecular flexibility index (Phi) is 5.21. The zero-order valence-electron chi connectivity index (χ0n) is 27.2. The lowest BCUT2D eigenvalue weighted by Gasteiger charge is -2.21. The number of fused-ring (bicyclic) bond motifs is 12. The molecule has 0 unspecified atom stereocenters. The van der Waals surface area contributed by atoms with Gasteiger partial charge in [0.05, 0.1) is 0 Å². The predicted octanol–water partition coefficient (Wildman–Crippen LogP) is 13.4. The number of benzene rings is 8. The summed E-state index contributed by atoms with van der Waals surface area (Å²) in [5, 5.41) is 9.45. The smallest absolute Gasteiger partial charge is 0.143 e. The SMILES string of the molecule is CC1(C)c2ccccc2-c2c1ccc1oc3cc(-c4c5ccccc5c(-c5cccc6c5oc5ccccc56)c5ccccc45)ccc3c21. The number of para-hydroxylation sites is 2. The lowest BCUT2D eigenvalue weighted by molar-refractivity contribution is 0.656. The molecule has 230 valence electrons. The van der Waals surface area contributed by atoms with Gasteiger partial charge in [-0.2, -0.15) is 0 Å². The Hall–Kier alpha value is -6.12. The van der Waals surface area contributed by atoms with Gasteiger partial charge in [-0.05, 0) is 79.2 Å². The van der Waals surface area contributed by atoms with Crippen molar-refractivity contribution in [2.24, 2.45) is 0 Å². The van der Waals surface area contributed by atoms with Crippen molar-refractivity contribution in [2.45, 2.75) is 19.3 Å². The highest BCUT2D eigenvalue weighted by Gasteiger charge is 2.37. The Morgan fingerprint density at radius 1 is 0.388 bits per heavy atom. The van der Waals surface area contributed by atoms with Crippen molar-refractivity contribution in [3.8, 4) is 33.4 Å². The number of rotatable bonds is 2. The summed E-state index contributed by atoms with van der Waals surface area (Å²) < 4.78 is 13.3. The van der Waals surface area contributed by atoms with Gasteiger partial charge in [0.1, 0.15) is 22.3 Å². The summed E-state index contributed by atoms with van der Waals surface area (Å²) in [6.07, 6.45) is 0. The van der Waals surface area contributed by atoms with Crippen LogP contribution in [0.1, 0.15) is 25.0 Å². The third kappa shape index (κ3) is 3.50. The second-order valence-corrected chi connectivity index (χ2v) is 14.0. The van der Waals surface area contributed by atoms with E-state index in [4.69, 9.17) is 8.83 Å². The summed E-state index contributed by atoms with van der Waals surface area (Å²) in [6, 6.07) is 52.5. The number of hydrogen-bond acceptors (Lipinski definition) is 2. The molecule has 0 bridgehead atoms. The summed E-state index contributed by atoms with van der Waals surface area (Å²) >= 11 is 0. The van der Waals surface area contributed by atoms with Crippen LogP contribution >= 0.6 is 0 Å². The monoisotopic (exact) mass is 626 g/mol. The molecule has 0 atom stereocenters. The van der Waals surface area contributed by atoms with Crippen LogP contribution in [0.4, 0.5) is 0 Å². The number of hydrogen-bond donors (Lipinski definition) is 0. The zero-order valence-corrected chi connectivity index (χ0v) is 27.2. The first-order chi connectivity index (χ1) is 24.1. The summed E-state index contributed by atoms with van der Waals surface area (Å²) in [7, 11) is 0. The van der Waals surface area contributed by atoms with Gasteiger partial charge in [-0.1, -0.05) is 135 Å². The van der Waals surface area contributed by atoms with Crippen LogP contribution in [0.25, 0.3) is 98.8 Å². The molecule has 1 aliphatic carbocycles. The molecule has 0 aliphatic heterocycles. The number of furan rings is 2. The zero-order chi connectivity index (χ0) is 32.4. The molecular formula is C47H30O2. The van der Waals surface area contributed by atoms with E-state index in [2.05, 4.69) is 153 Å². The van der Waals surface area contributed by atoms with Crippen molar-refractivity contribution in [3.63, 3.8) is 0 Å². The van der Waals surface area contributed by atoms with Crippen molar-refractivity contribution in [2.75, 3.05) is 0 Å². The van der Waals surface area contributed by atoms with E-state index in [1.807, 2.05) is 6.07 Å². The fourth-order valence-electron chi connectivity index (χ4n) is 8.89. The first kappa shape index (κ1) is 26.9. The Morgan fingerprint density at radius 2 is 1.02 bits per heavy atom. The predicted molar refractivity (Wildman–Crippen MR) is 204 cm³/mol. The van der Waals surface area contributed by atoms with Crippen LogP contribution in [0, 0.1) is 0 Å². The molecule has 49 heavy (non-hydrogen) atoms. The standard InChI is InChI=1S/C47H30O2/c1-47(2)37-20-9-7-17-34(37)44-38(47)24-25-40-45(44)35-23-22-27(26-41(35)48-40)42-29-13-3-5-15-31(29)43(32-16-6-4-14-30(32)42)36-19-11-18-33-28-12-8-10-21-39(28)49-46(33)36/h3-26H,1-2H3. The van der Waals surface area contributed by atoms with Crippen LogP contribution in [0.5, 0.6) is 0 Å². The second-order valence-electron chi connectivity index (χ2n) is 14.0. The summed E-state index contributed by atoms with van der Waals surface area (Å²) in [4.78, 5) is 0. The van der Waals surface area contributed by atoms with E-state index in [0.29, 0.717) is 0 Å². The molecule has 8 aromatic carbocycles. The van der Waals surface area contributed by atoms with Gasteiger partial charge in [0.15, 0.2) is 0 Å². The lowest BCUT2D eigenvalue weighted by atomic mass is 9.82. The fraction of sp³-hybridized carbons (Fsp3) is 0.0638. The van der Waals surface area contributed by atoms with Crippen molar-refractivity contribution >= 4 is 65.4 Å². The molecular weight excluding hydrogens is 597 g/mol. The molecule has 0 N–H and O–H groups in total. The van der Waals surface area contributed by atoms with Gasteiger partial charge < -0.3 is 8.83 Å². The summed E-state index contributed by atoms with van der Waals surface area (Å²) in [5.41, 5.74) is 13.6. The van der Waals surface area contributed by atoms with E-state index < -0.39 is 0 Å². The average molecular weight is 627 g/mol. The molecule has 2 nitrogen and oxygen atoms in total. The Bertz CT molecular complexity index is 2970. The maximum Gasteiger partial charge on any atom is 0.143 e. The largest absolute Gasteiger partial charge is 0.456 e. The van der Waals surface area contributed by atoms with Crippen LogP contribution in [-0.2, 0) is 5.41 Å². The minimum Gasteiger partial charge on any atom is -0.456 e. The highest BCUT2D eigenvalue weighted by molar-refractivity contribution is 6.25. The van der Waals surface area contributed by atoms with E-state index >= 15 is 0 Å². The van der Waals surface area contributed by atoms with Gasteiger partial charge in [-0.15, -0.1) is 0 Å². The third-order valence-corrected chi connectivity index (χ3v) is 11.1. The average Bonchev–Trinajstić information content (AvgIpc) is 3.78. The topological polar surface area (TPSA) is 26.3 Å². The maximum atomic E-state index is 6.70. The molecule has 0 fully saturated rings. The molecule has 0 saturated heterocycles. The molecule has 0 amide bonds. The Labute approximate surface area is 282 Å². The summed E-state index contributed by atoms with van der Waals surface area (Å²) in [6.45, 7) is 4.66. The second kappa shape index (κ2) is 9.49. The van der Waals surface area contributed by atoms with Crippen molar-refractivity contribution in [3.05, 3.63) is 157 Å². The van der Waals surface area contributed by atoms with Crippen LogP contribution in [0.15, 0.2) is 154 Å². The van der Waals surface area contributed by atoms with Crippen molar-refractivity contribution in [1.29, 1.82) is 0 Å². The molecule has 2 heterocycles. The van der Waals surface area contributed by atoms with Crippen molar-refractivity contribution in [1.82, 2.24) is 0 Å². The van der Waals surface area contributed by atoms with E-state index in [0.717, 1.165) is 49.6 Å². The molecule has 10 aromatic rings. The van der Waals surface area contributed by atoms with Crippen LogP contribution in [-0.4, -0.2) is 0 Å². The molecule has 2 aromatic heterocycles. The molecule has 11 rings (SSSR count). The maximum absolute atomic E-state index is 6.70. The first-order valence-corrected chi connectivity index (χ1v) is 17.0. The summed E-state index contributed by atoms with van der Waals surface area (Å²) in [5.74, 6) is 0. The van der Waals surface area contributed by atoms with Gasteiger partial charge in [-0.25, -0.2) is 0 Å². The Morgan fingerprint density at radius 3 is 1.80 bits per heavy atom. The molecule has 2 heteroatoms. The van der Waals surface area contributed by atoms with Gasteiger partial charge in [-0.3, -0.25) is 0 Å². The normalized spacial score (nSPS) is 13.7. The quantitative estimate of drug-likeness (QED) is 0.178. The fourth-order valence-corrected chi connectivity index (χ4v) is 8.89. The molecule has 0 spiro atoms. The first-order valence-electron chi connectivity index (χ1n) is 17.0. The van der Waals surface area contributed by atoms with E-state index in [1.54, 1.807) is 0 Å². The van der Waals surface area contributed by atoms with Gasteiger partial charge >= 0.3 is 0 Å². The van der Waals surface area contributed by atoms with E-state index in [1.165, 1.54) is 60.3 Å². The Balaban J connectivity index is 1.19. The van der Waals surface area contributed by atoms with Crippen LogP contribution < -0.4 is 0 Å². The minimum atomic E-state index is -0.0596. The van der Waals surface area contributed by atoms with Gasteiger partial charge in [0.25, 0.3) is 0 Å². The van der Waals surface area contributed by atoms with E-state index in [-0.39, 0.29) is 5.41 Å². The van der Waals surface area contributed by atoms with Gasteiger partial charge in [0.2, 0.25) is 0 Å².